The molecule has 1 aliphatic carbocycles. The van der Waals surface area contributed by atoms with E-state index in [9.17, 15) is 13.2 Å². The number of ether oxygens (including phenoxy) is 1. The van der Waals surface area contributed by atoms with Crippen molar-refractivity contribution in [1.29, 1.82) is 0 Å². The van der Waals surface area contributed by atoms with Gasteiger partial charge in [0.2, 0.25) is 15.9 Å². The predicted octanol–water partition coefficient (Wildman–Crippen LogP) is 4.03. The first kappa shape index (κ1) is 23.0. The lowest BCUT2D eigenvalue weighted by Crippen LogP contribution is -2.23. The number of nitrogens with one attached hydrogen (secondary N) is 2. The van der Waals surface area contributed by atoms with Crippen molar-refractivity contribution in [2.75, 3.05) is 6.54 Å². The van der Waals surface area contributed by atoms with Gasteiger partial charge in [-0.15, -0.1) is 0 Å². The minimum atomic E-state index is -3.47. The monoisotopic (exact) mass is 442 g/mol. The fourth-order valence-electron chi connectivity index (χ4n) is 3.51. The molecule has 2 N–H and O–H groups in total. The second-order valence-corrected chi connectivity index (χ2v) is 9.41. The summed E-state index contributed by atoms with van der Waals surface area (Å²) in [5, 5.41) is 2.85. The molecule has 7 heteroatoms. The van der Waals surface area contributed by atoms with Crippen molar-refractivity contribution in [3.63, 3.8) is 0 Å². The molecule has 1 aliphatic rings. The first-order valence-electron chi connectivity index (χ1n) is 10.8. The highest BCUT2D eigenvalue weighted by molar-refractivity contribution is 7.89. The number of rotatable bonds is 9. The Morgan fingerprint density at radius 1 is 1.03 bits per heavy atom. The van der Waals surface area contributed by atoms with Gasteiger partial charge in [-0.1, -0.05) is 37.6 Å². The van der Waals surface area contributed by atoms with E-state index in [1.165, 1.54) is 37.5 Å². The lowest BCUT2D eigenvalue weighted by molar-refractivity contribution is -0.116. The van der Waals surface area contributed by atoms with Crippen LogP contribution in [0.2, 0.25) is 0 Å². The maximum atomic E-state index is 12.1. The van der Waals surface area contributed by atoms with Crippen molar-refractivity contribution >= 4 is 22.0 Å². The number of benzene rings is 2. The molecule has 31 heavy (non-hydrogen) atoms. The zero-order valence-electron chi connectivity index (χ0n) is 17.8. The van der Waals surface area contributed by atoms with Gasteiger partial charge >= 0.3 is 0 Å². The molecule has 0 bridgehead atoms. The molecule has 0 aromatic heterocycles. The zero-order valence-corrected chi connectivity index (χ0v) is 18.7. The molecule has 1 fully saturated rings. The van der Waals surface area contributed by atoms with E-state index in [0.717, 1.165) is 29.7 Å². The molecular formula is C24H30N2O4S. The first-order chi connectivity index (χ1) is 15.0. The number of hydrogen-bond donors (Lipinski definition) is 2. The Morgan fingerprint density at radius 2 is 1.71 bits per heavy atom. The highest BCUT2D eigenvalue weighted by Gasteiger charge is 2.14. The van der Waals surface area contributed by atoms with Crippen LogP contribution in [0.5, 0.6) is 5.75 Å². The number of hydrogen-bond acceptors (Lipinski definition) is 4. The molecule has 6 nitrogen and oxygen atoms in total. The van der Waals surface area contributed by atoms with Crippen LogP contribution < -0.4 is 14.8 Å². The minimum absolute atomic E-state index is 0.201. The van der Waals surface area contributed by atoms with Crippen LogP contribution in [0, 0.1) is 0 Å². The van der Waals surface area contributed by atoms with Crippen LogP contribution in [0.3, 0.4) is 0 Å². The first-order valence-corrected chi connectivity index (χ1v) is 12.3. The summed E-state index contributed by atoms with van der Waals surface area (Å²) < 4.78 is 32.4. The Hall–Kier alpha value is -2.64. The predicted molar refractivity (Wildman–Crippen MR) is 122 cm³/mol. The van der Waals surface area contributed by atoms with Gasteiger partial charge in [0.15, 0.2) is 0 Å². The van der Waals surface area contributed by atoms with Gasteiger partial charge in [0.05, 0.1) is 11.0 Å². The number of amides is 1. The van der Waals surface area contributed by atoms with Crippen molar-refractivity contribution in [1.82, 2.24) is 10.0 Å². The summed E-state index contributed by atoms with van der Waals surface area (Å²) in [5.41, 5.74) is 1.74. The summed E-state index contributed by atoms with van der Waals surface area (Å²) >= 11 is 0. The summed E-state index contributed by atoms with van der Waals surface area (Å²) in [4.78, 5) is 12.3. The average Bonchev–Trinajstić information content (AvgIpc) is 2.78. The van der Waals surface area contributed by atoms with E-state index >= 15 is 0 Å². The highest BCUT2D eigenvalue weighted by atomic mass is 32.2. The highest BCUT2D eigenvalue weighted by Crippen LogP contribution is 2.23. The van der Waals surface area contributed by atoms with Crippen LogP contribution in [-0.2, 0) is 21.4 Å². The third-order valence-corrected chi connectivity index (χ3v) is 6.76. The molecule has 3 rings (SSSR count). The van der Waals surface area contributed by atoms with Gasteiger partial charge < -0.3 is 10.1 Å². The molecule has 1 amide bonds. The third kappa shape index (κ3) is 7.22. The molecule has 0 radical (unpaired) electrons. The molecule has 2 aromatic carbocycles. The van der Waals surface area contributed by atoms with Crippen molar-refractivity contribution in [2.45, 2.75) is 56.6 Å². The lowest BCUT2D eigenvalue weighted by atomic mass is 9.98. The van der Waals surface area contributed by atoms with E-state index in [4.69, 9.17) is 4.74 Å². The van der Waals surface area contributed by atoms with E-state index < -0.39 is 10.0 Å². The topological polar surface area (TPSA) is 84.5 Å². The Morgan fingerprint density at radius 3 is 2.35 bits per heavy atom. The van der Waals surface area contributed by atoms with Crippen LogP contribution in [-0.4, -0.2) is 27.0 Å². The maximum absolute atomic E-state index is 12.1. The van der Waals surface area contributed by atoms with Gasteiger partial charge in [-0.05, 0) is 67.2 Å². The third-order valence-electron chi connectivity index (χ3n) is 5.20. The lowest BCUT2D eigenvalue weighted by Gasteiger charge is -2.23. The van der Waals surface area contributed by atoms with Gasteiger partial charge in [-0.25, -0.2) is 13.1 Å². The second kappa shape index (κ2) is 11.1. The van der Waals surface area contributed by atoms with Crippen LogP contribution in [0.15, 0.2) is 59.5 Å². The summed E-state index contributed by atoms with van der Waals surface area (Å²) in [6.07, 6.45) is 9.44. The molecule has 0 unspecified atom stereocenters. The number of carbonyl (C=O) groups excluding carboxylic acids is 1. The summed E-state index contributed by atoms with van der Waals surface area (Å²) in [7, 11) is -3.47. The van der Waals surface area contributed by atoms with E-state index in [0.29, 0.717) is 19.2 Å². The molecule has 0 saturated heterocycles. The van der Waals surface area contributed by atoms with Gasteiger partial charge in [-0.2, -0.15) is 0 Å². The summed E-state index contributed by atoms with van der Waals surface area (Å²) in [6, 6.07) is 14.2. The van der Waals surface area contributed by atoms with Gasteiger partial charge in [0.1, 0.15) is 5.75 Å². The van der Waals surface area contributed by atoms with E-state index in [-0.39, 0.29) is 10.8 Å². The molecule has 166 valence electrons. The number of carbonyl (C=O) groups is 1. The van der Waals surface area contributed by atoms with E-state index in [1.54, 1.807) is 25.1 Å². The maximum Gasteiger partial charge on any atom is 0.244 e. The smallest absolute Gasteiger partial charge is 0.244 e. The van der Waals surface area contributed by atoms with Gasteiger partial charge in [0, 0.05) is 19.2 Å². The van der Waals surface area contributed by atoms with Crippen LogP contribution in [0.4, 0.5) is 0 Å². The standard InChI is InChI=1S/C24H30N2O4S/c1-2-26-31(28,29)23-15-10-19(11-16-23)12-17-24(27)25-18-20-8-13-22(14-9-20)30-21-6-4-3-5-7-21/h8-17,21,26H,2-7,18H2,1H3,(H,25,27)/b17-12+. The molecule has 0 heterocycles. The minimum Gasteiger partial charge on any atom is -0.490 e. The second-order valence-electron chi connectivity index (χ2n) is 7.64. The van der Waals surface area contributed by atoms with Crippen LogP contribution in [0.25, 0.3) is 6.08 Å². The Bertz CT molecular complexity index is 977. The Labute approximate surface area is 184 Å². The summed E-state index contributed by atoms with van der Waals surface area (Å²) in [6.45, 7) is 2.49. The van der Waals surface area contributed by atoms with Crippen molar-refractivity contribution in [3.05, 3.63) is 65.7 Å². The van der Waals surface area contributed by atoms with E-state index in [1.807, 2.05) is 24.3 Å². The van der Waals surface area contributed by atoms with Crippen LogP contribution >= 0.6 is 0 Å². The van der Waals surface area contributed by atoms with Gasteiger partial charge in [-0.3, -0.25) is 4.79 Å². The average molecular weight is 443 g/mol. The van der Waals surface area contributed by atoms with Crippen molar-refractivity contribution in [3.8, 4) is 5.75 Å². The molecule has 0 spiro atoms. The number of sulfonamides is 1. The van der Waals surface area contributed by atoms with Crippen molar-refractivity contribution in [2.24, 2.45) is 0 Å². The zero-order chi connectivity index (χ0) is 22.1. The fraction of sp³-hybridized carbons (Fsp3) is 0.375. The Kier molecular flexibility index (Phi) is 8.26. The quantitative estimate of drug-likeness (QED) is 0.575. The van der Waals surface area contributed by atoms with Crippen molar-refractivity contribution < 1.29 is 17.9 Å². The van der Waals surface area contributed by atoms with E-state index in [2.05, 4.69) is 10.0 Å². The molecule has 0 atom stereocenters. The molecule has 2 aromatic rings. The fourth-order valence-corrected chi connectivity index (χ4v) is 4.55. The molecular weight excluding hydrogens is 412 g/mol. The molecule has 1 saturated carbocycles. The van der Waals surface area contributed by atoms with Crippen LogP contribution in [0.1, 0.15) is 50.2 Å². The SMILES string of the molecule is CCNS(=O)(=O)c1ccc(/C=C/C(=O)NCc2ccc(OC3CCCCC3)cc2)cc1. The largest absolute Gasteiger partial charge is 0.490 e. The molecule has 0 aliphatic heterocycles. The Balaban J connectivity index is 1.46. The normalized spacial score (nSPS) is 15.1. The summed E-state index contributed by atoms with van der Waals surface area (Å²) in [5.74, 6) is 0.661. The van der Waals surface area contributed by atoms with Gasteiger partial charge in [0.25, 0.3) is 0 Å².